The number of amides is 1. The van der Waals surface area contributed by atoms with Crippen molar-refractivity contribution in [3.8, 4) is 0 Å². The minimum Gasteiger partial charge on any atom is -0.478 e. The number of hydrogen-bond donors (Lipinski definition) is 2. The Bertz CT molecular complexity index is 431. The van der Waals surface area contributed by atoms with Crippen LogP contribution in [-0.2, 0) is 4.79 Å². The van der Waals surface area contributed by atoms with E-state index >= 15 is 0 Å². The molecule has 15 heavy (non-hydrogen) atoms. The van der Waals surface area contributed by atoms with Crippen molar-refractivity contribution in [2.24, 2.45) is 0 Å². The van der Waals surface area contributed by atoms with Gasteiger partial charge < -0.3 is 10.4 Å². The summed E-state index contributed by atoms with van der Waals surface area (Å²) in [5, 5.41) is 11.5. The number of carboxylic acids is 1. The second kappa shape index (κ2) is 3.94. The van der Waals surface area contributed by atoms with Gasteiger partial charge in [0.05, 0.1) is 11.3 Å². The monoisotopic (exact) mass is 223 g/mol. The number of carbonyl (C=O) groups excluding carboxylic acids is 1. The highest BCUT2D eigenvalue weighted by Gasteiger charge is 2.14. The lowest BCUT2D eigenvalue weighted by molar-refractivity contribution is -0.115. The summed E-state index contributed by atoms with van der Waals surface area (Å²) in [5.74, 6) is -0.323. The molecule has 0 saturated heterocycles. The lowest BCUT2D eigenvalue weighted by atomic mass is 10.2. The molecule has 0 fully saturated rings. The normalized spacial score (nSPS) is 15.1. The van der Waals surface area contributed by atoms with Gasteiger partial charge in [0.25, 0.3) is 0 Å². The fraction of sp³-hybridized carbons (Fsp3) is 0.200. The van der Waals surface area contributed by atoms with Gasteiger partial charge in [-0.3, -0.25) is 4.79 Å². The van der Waals surface area contributed by atoms with E-state index in [1.54, 1.807) is 23.9 Å². The van der Waals surface area contributed by atoms with E-state index in [4.69, 9.17) is 5.11 Å². The van der Waals surface area contributed by atoms with Gasteiger partial charge in [0.1, 0.15) is 0 Å². The molecule has 1 aliphatic rings. The first-order valence-corrected chi connectivity index (χ1v) is 5.45. The lowest BCUT2D eigenvalue weighted by Crippen LogP contribution is -2.10. The van der Waals surface area contributed by atoms with Crippen molar-refractivity contribution in [3.05, 3.63) is 23.8 Å². The van der Waals surface area contributed by atoms with Crippen LogP contribution in [0.2, 0.25) is 0 Å². The number of carbonyl (C=O) groups is 2. The molecule has 0 saturated carbocycles. The molecular weight excluding hydrogens is 214 g/mol. The first kappa shape index (κ1) is 10.0. The smallest absolute Gasteiger partial charge is 0.335 e. The summed E-state index contributed by atoms with van der Waals surface area (Å²) < 4.78 is 0. The highest BCUT2D eigenvalue weighted by atomic mass is 32.2. The highest BCUT2D eigenvalue weighted by molar-refractivity contribution is 7.99. The van der Waals surface area contributed by atoms with Gasteiger partial charge in [0, 0.05) is 17.1 Å². The van der Waals surface area contributed by atoms with Crippen molar-refractivity contribution in [1.82, 2.24) is 0 Å². The molecule has 1 amide bonds. The van der Waals surface area contributed by atoms with Crippen LogP contribution in [0.4, 0.5) is 5.69 Å². The Labute approximate surface area is 90.7 Å². The molecule has 0 bridgehead atoms. The Balaban J connectivity index is 2.41. The third kappa shape index (κ3) is 2.12. The molecule has 0 aromatic heterocycles. The van der Waals surface area contributed by atoms with Gasteiger partial charge in [0.2, 0.25) is 5.91 Å². The molecule has 0 atom stereocenters. The zero-order valence-corrected chi connectivity index (χ0v) is 8.63. The maximum Gasteiger partial charge on any atom is 0.335 e. The SMILES string of the molecule is O=C1CCSc2ccc(C(=O)O)cc2N1. The third-order valence-electron chi connectivity index (χ3n) is 2.09. The van der Waals surface area contributed by atoms with Crippen molar-refractivity contribution in [2.75, 3.05) is 11.1 Å². The van der Waals surface area contributed by atoms with Gasteiger partial charge in [-0.1, -0.05) is 0 Å². The summed E-state index contributed by atoms with van der Waals surface area (Å²) in [5.41, 5.74) is 0.791. The first-order valence-electron chi connectivity index (χ1n) is 4.47. The Morgan fingerprint density at radius 2 is 2.27 bits per heavy atom. The molecule has 0 unspecified atom stereocenters. The van der Waals surface area contributed by atoms with Crippen molar-refractivity contribution in [1.29, 1.82) is 0 Å². The van der Waals surface area contributed by atoms with Crippen LogP contribution in [0, 0.1) is 0 Å². The summed E-state index contributed by atoms with van der Waals surface area (Å²) in [6, 6.07) is 4.77. The number of nitrogens with one attached hydrogen (secondary N) is 1. The Kier molecular flexibility index (Phi) is 2.64. The van der Waals surface area contributed by atoms with E-state index in [9.17, 15) is 9.59 Å². The number of anilines is 1. The Morgan fingerprint density at radius 1 is 1.47 bits per heavy atom. The average molecular weight is 223 g/mol. The largest absolute Gasteiger partial charge is 0.478 e. The fourth-order valence-electron chi connectivity index (χ4n) is 1.35. The minimum absolute atomic E-state index is 0.0659. The number of benzene rings is 1. The van der Waals surface area contributed by atoms with Crippen LogP contribution in [-0.4, -0.2) is 22.7 Å². The van der Waals surface area contributed by atoms with Crippen LogP contribution in [0.5, 0.6) is 0 Å². The number of thioether (sulfide) groups is 1. The van der Waals surface area contributed by atoms with Crippen molar-refractivity contribution in [3.63, 3.8) is 0 Å². The molecule has 2 N–H and O–H groups in total. The Hall–Kier alpha value is -1.49. The molecular formula is C10H9NO3S. The number of carboxylic acid groups (broad SMARTS) is 1. The minimum atomic E-state index is -0.985. The molecule has 4 nitrogen and oxygen atoms in total. The van der Waals surface area contributed by atoms with E-state index in [0.29, 0.717) is 12.1 Å². The van der Waals surface area contributed by atoms with E-state index in [2.05, 4.69) is 5.32 Å². The van der Waals surface area contributed by atoms with Crippen LogP contribution in [0.25, 0.3) is 0 Å². The summed E-state index contributed by atoms with van der Waals surface area (Å²) in [6.45, 7) is 0. The van der Waals surface area contributed by atoms with E-state index in [0.717, 1.165) is 10.6 Å². The summed E-state index contributed by atoms with van der Waals surface area (Å²) in [4.78, 5) is 22.9. The van der Waals surface area contributed by atoms with Crippen LogP contribution < -0.4 is 5.32 Å². The van der Waals surface area contributed by atoms with Crippen LogP contribution in [0.1, 0.15) is 16.8 Å². The van der Waals surface area contributed by atoms with Gasteiger partial charge in [0.15, 0.2) is 0 Å². The molecule has 1 aliphatic heterocycles. The van der Waals surface area contributed by atoms with E-state index in [1.807, 2.05) is 0 Å². The molecule has 78 valence electrons. The second-order valence-corrected chi connectivity index (χ2v) is 4.30. The van der Waals surface area contributed by atoms with Gasteiger partial charge in [-0.2, -0.15) is 0 Å². The molecule has 1 heterocycles. The molecule has 5 heteroatoms. The maximum absolute atomic E-state index is 11.3. The summed E-state index contributed by atoms with van der Waals surface area (Å²) >= 11 is 1.56. The van der Waals surface area contributed by atoms with Crippen molar-refractivity contribution in [2.45, 2.75) is 11.3 Å². The quantitative estimate of drug-likeness (QED) is 0.762. The highest BCUT2D eigenvalue weighted by Crippen LogP contribution is 2.31. The number of aromatic carboxylic acids is 1. The van der Waals surface area contributed by atoms with Crippen LogP contribution in [0.15, 0.2) is 23.1 Å². The lowest BCUT2D eigenvalue weighted by Gasteiger charge is -2.06. The number of fused-ring (bicyclic) bond motifs is 1. The number of rotatable bonds is 1. The summed E-state index contributed by atoms with van der Waals surface area (Å²) in [7, 11) is 0. The molecule has 0 spiro atoms. The zero-order valence-electron chi connectivity index (χ0n) is 7.82. The van der Waals surface area contributed by atoms with Gasteiger partial charge in [-0.15, -0.1) is 11.8 Å². The van der Waals surface area contributed by atoms with E-state index < -0.39 is 5.97 Å². The van der Waals surface area contributed by atoms with Gasteiger partial charge in [-0.25, -0.2) is 4.79 Å². The molecule has 1 aromatic rings. The van der Waals surface area contributed by atoms with Crippen molar-refractivity contribution < 1.29 is 14.7 Å². The molecule has 2 rings (SSSR count). The maximum atomic E-state index is 11.3. The van der Waals surface area contributed by atoms with Gasteiger partial charge >= 0.3 is 5.97 Å². The first-order chi connectivity index (χ1) is 7.16. The predicted molar refractivity (Wildman–Crippen MR) is 57.4 cm³/mol. The van der Waals surface area contributed by atoms with Crippen LogP contribution in [0.3, 0.4) is 0 Å². The standard InChI is InChI=1S/C10H9NO3S/c12-9-3-4-15-8-2-1-6(10(13)14)5-7(8)11-9/h1-2,5H,3-4H2,(H,11,12)(H,13,14). The van der Waals surface area contributed by atoms with E-state index in [-0.39, 0.29) is 11.5 Å². The Morgan fingerprint density at radius 3 is 3.00 bits per heavy atom. The van der Waals surface area contributed by atoms with Gasteiger partial charge in [-0.05, 0) is 18.2 Å². The number of hydrogen-bond acceptors (Lipinski definition) is 3. The second-order valence-electron chi connectivity index (χ2n) is 3.16. The van der Waals surface area contributed by atoms with Crippen LogP contribution >= 0.6 is 11.8 Å². The average Bonchev–Trinajstić information content (AvgIpc) is 2.37. The molecule has 0 aliphatic carbocycles. The third-order valence-corrected chi connectivity index (χ3v) is 3.16. The summed E-state index contributed by atoms with van der Waals surface area (Å²) in [6.07, 6.45) is 0.460. The molecule has 1 aromatic carbocycles. The zero-order chi connectivity index (χ0) is 10.8. The van der Waals surface area contributed by atoms with Crippen molar-refractivity contribution >= 4 is 29.3 Å². The molecule has 0 radical (unpaired) electrons. The van der Waals surface area contributed by atoms with E-state index in [1.165, 1.54) is 6.07 Å². The topological polar surface area (TPSA) is 66.4 Å². The predicted octanol–water partition coefficient (Wildman–Crippen LogP) is 1.82. The fourth-order valence-corrected chi connectivity index (χ4v) is 2.29.